The van der Waals surface area contributed by atoms with E-state index >= 15 is 0 Å². The number of likely N-dealkylation sites (N-methyl/N-ethyl adjacent to an activating group) is 1. The molecule has 43 heavy (non-hydrogen) atoms. The summed E-state index contributed by atoms with van der Waals surface area (Å²) in [6, 6.07) is 8.57. The predicted molar refractivity (Wildman–Crippen MR) is 163 cm³/mol. The van der Waals surface area contributed by atoms with E-state index in [9.17, 15) is 34.8 Å². The van der Waals surface area contributed by atoms with Gasteiger partial charge in [-0.05, 0) is 68.5 Å². The molecule has 0 saturated heterocycles. The number of hydrogen-bond donors (Lipinski definition) is 5. The molecule has 4 atom stereocenters. The molecule has 0 bridgehead atoms. The maximum absolute atomic E-state index is 14.2. The monoisotopic (exact) mass is 589 g/mol. The first kappa shape index (κ1) is 30.3. The average molecular weight is 590 g/mol. The van der Waals surface area contributed by atoms with Gasteiger partial charge in [0.05, 0.1) is 11.6 Å². The number of phenolic OH excluding ortho intramolecular Hbond substituents is 1. The minimum Gasteiger partial charge on any atom is -0.508 e. The number of carbonyl (C=O) groups excluding carboxylic acids is 3. The summed E-state index contributed by atoms with van der Waals surface area (Å²) in [6.45, 7) is 2.13. The number of unbranched alkanes of at least 4 members (excludes halogenated alkanes) is 1. The third-order valence-electron chi connectivity index (χ3n) is 9.26. The smallest absolute Gasteiger partial charge is 0.255 e. The van der Waals surface area contributed by atoms with Crippen LogP contribution in [0.1, 0.15) is 42.9 Å². The van der Waals surface area contributed by atoms with Gasteiger partial charge in [0.1, 0.15) is 22.8 Å². The molecule has 3 aliphatic carbocycles. The molecule has 228 valence electrons. The van der Waals surface area contributed by atoms with Gasteiger partial charge in [0.25, 0.3) is 5.91 Å². The van der Waals surface area contributed by atoms with Gasteiger partial charge in [0.15, 0.2) is 11.4 Å². The van der Waals surface area contributed by atoms with Crippen molar-refractivity contribution in [1.29, 1.82) is 0 Å². The summed E-state index contributed by atoms with van der Waals surface area (Å²) < 4.78 is 0. The van der Waals surface area contributed by atoms with Gasteiger partial charge in [-0.15, -0.1) is 0 Å². The molecule has 0 heterocycles. The van der Waals surface area contributed by atoms with Crippen molar-refractivity contribution < 1.29 is 34.8 Å². The summed E-state index contributed by atoms with van der Waals surface area (Å²) in [5.74, 6) is -6.63. The second-order valence-electron chi connectivity index (χ2n) is 12.3. The Hall–Kier alpha value is -4.15. The van der Waals surface area contributed by atoms with Crippen LogP contribution in [0.5, 0.6) is 5.75 Å². The summed E-state index contributed by atoms with van der Waals surface area (Å²) in [5.41, 5.74) is 5.54. The van der Waals surface area contributed by atoms with Gasteiger partial charge in [-0.2, -0.15) is 0 Å². The molecule has 10 nitrogen and oxygen atoms in total. The van der Waals surface area contributed by atoms with E-state index < -0.39 is 58.0 Å². The van der Waals surface area contributed by atoms with Gasteiger partial charge in [-0.3, -0.25) is 19.3 Å². The molecule has 3 aliphatic rings. The summed E-state index contributed by atoms with van der Waals surface area (Å²) in [5, 5.41) is 46.2. The van der Waals surface area contributed by atoms with Crippen LogP contribution in [0.2, 0.25) is 0 Å². The molecule has 0 aliphatic heterocycles. The number of aliphatic hydroxyl groups excluding tert-OH is 2. The largest absolute Gasteiger partial charge is 0.508 e. The number of hydrogen-bond acceptors (Lipinski definition) is 9. The molecule has 1 fully saturated rings. The SMILES string of the molecule is CCCCc1ccc(-c2cc(N(C)C)c3c(c2O)C(O)=C2C(=O)[C@]4(O)C(O)=C(C(N)=O)C(=O)[C@H](N(C)C)[C@H]4C[C@H]2C3)cc1. The molecule has 0 radical (unpaired) electrons. The van der Waals surface area contributed by atoms with Crippen molar-refractivity contribution >= 4 is 28.9 Å². The van der Waals surface area contributed by atoms with Crippen molar-refractivity contribution in [3.8, 4) is 16.9 Å². The van der Waals surface area contributed by atoms with E-state index in [2.05, 4.69) is 6.92 Å². The molecule has 10 heteroatoms. The minimum atomic E-state index is -2.67. The fourth-order valence-corrected chi connectivity index (χ4v) is 7.14. The molecule has 2 aromatic carbocycles. The first-order chi connectivity index (χ1) is 20.2. The number of fused-ring (bicyclic) bond motifs is 3. The van der Waals surface area contributed by atoms with E-state index in [0.29, 0.717) is 11.1 Å². The number of primary amides is 1. The number of Topliss-reactive ketones (excluding diaryl/α,β-unsaturated/α-hetero) is 2. The molecule has 5 rings (SSSR count). The summed E-state index contributed by atoms with van der Waals surface area (Å²) >= 11 is 0. The Labute approximate surface area is 250 Å². The van der Waals surface area contributed by atoms with E-state index in [4.69, 9.17) is 5.73 Å². The van der Waals surface area contributed by atoms with E-state index in [-0.39, 0.29) is 29.7 Å². The van der Waals surface area contributed by atoms with E-state index in [1.807, 2.05) is 49.3 Å². The van der Waals surface area contributed by atoms with Gasteiger partial charge in [-0.25, -0.2) is 0 Å². The Kier molecular flexibility index (Phi) is 7.64. The van der Waals surface area contributed by atoms with Gasteiger partial charge in [-0.1, -0.05) is 37.6 Å². The highest BCUT2D eigenvalue weighted by Crippen LogP contribution is 2.54. The Balaban J connectivity index is 1.71. The Morgan fingerprint density at radius 3 is 2.28 bits per heavy atom. The van der Waals surface area contributed by atoms with E-state index in [1.165, 1.54) is 10.5 Å². The first-order valence-corrected chi connectivity index (χ1v) is 14.6. The second kappa shape index (κ2) is 10.8. The predicted octanol–water partition coefficient (Wildman–Crippen LogP) is 3.04. The number of aryl methyl sites for hydroxylation is 1. The minimum absolute atomic E-state index is 0.0420. The van der Waals surface area contributed by atoms with Crippen molar-refractivity contribution in [3.05, 3.63) is 63.9 Å². The standard InChI is InChI=1S/C33H39N3O7/c1-6-7-8-16-9-11-17(12-10-16)19-15-22(35(2)3)20-13-18-14-21-26(36(4)5)29(39)25(32(34)42)31(41)33(21,43)30(40)23(18)28(38)24(20)27(19)37/h9-12,15,18,21,26,37-38,41,43H,6-8,13-14H2,1-5H3,(H2,34,42)/t18-,21-,26-,33+/m1/s1. The number of rotatable bonds is 7. The van der Waals surface area contributed by atoms with Crippen molar-refractivity contribution in [3.63, 3.8) is 0 Å². The van der Waals surface area contributed by atoms with Crippen LogP contribution in [0.3, 0.4) is 0 Å². The van der Waals surface area contributed by atoms with Crippen LogP contribution in [0.25, 0.3) is 16.9 Å². The average Bonchev–Trinajstić information content (AvgIpc) is 2.93. The number of phenols is 1. The molecule has 0 aromatic heterocycles. The fourth-order valence-electron chi connectivity index (χ4n) is 7.14. The number of nitrogens with zero attached hydrogens (tertiary/aromatic N) is 2. The number of aliphatic hydroxyl groups is 3. The number of carbonyl (C=O) groups is 3. The molecule has 2 aromatic rings. The lowest BCUT2D eigenvalue weighted by molar-refractivity contribution is -0.153. The highest BCUT2D eigenvalue weighted by atomic mass is 16.3. The van der Waals surface area contributed by atoms with Crippen LogP contribution in [0, 0.1) is 11.8 Å². The number of aromatic hydroxyl groups is 1. The molecular weight excluding hydrogens is 550 g/mol. The third kappa shape index (κ3) is 4.51. The maximum Gasteiger partial charge on any atom is 0.255 e. The molecule has 1 amide bonds. The van der Waals surface area contributed by atoms with E-state index in [0.717, 1.165) is 30.5 Å². The van der Waals surface area contributed by atoms with Gasteiger partial charge < -0.3 is 31.1 Å². The highest BCUT2D eigenvalue weighted by molar-refractivity contribution is 6.24. The number of amides is 1. The normalized spacial score (nSPS) is 25.0. The fraction of sp³-hybridized carbons (Fsp3) is 0.424. The van der Waals surface area contributed by atoms with Crippen molar-refractivity contribution in [2.45, 2.75) is 50.7 Å². The summed E-state index contributed by atoms with van der Waals surface area (Å²) in [7, 11) is 6.85. The maximum atomic E-state index is 14.2. The van der Waals surface area contributed by atoms with Crippen molar-refractivity contribution in [2.24, 2.45) is 17.6 Å². The van der Waals surface area contributed by atoms with Crippen LogP contribution < -0.4 is 10.6 Å². The highest BCUT2D eigenvalue weighted by Gasteiger charge is 2.64. The van der Waals surface area contributed by atoms with Crippen molar-refractivity contribution in [2.75, 3.05) is 33.1 Å². The van der Waals surface area contributed by atoms with Crippen LogP contribution in [-0.2, 0) is 27.2 Å². The molecule has 0 unspecified atom stereocenters. The van der Waals surface area contributed by atoms with Crippen LogP contribution >= 0.6 is 0 Å². The van der Waals surface area contributed by atoms with Gasteiger partial charge >= 0.3 is 0 Å². The Bertz CT molecular complexity index is 1590. The number of benzene rings is 2. The Morgan fingerprint density at radius 1 is 1.07 bits per heavy atom. The zero-order chi connectivity index (χ0) is 31.5. The first-order valence-electron chi connectivity index (χ1n) is 14.6. The van der Waals surface area contributed by atoms with E-state index in [1.54, 1.807) is 14.1 Å². The number of nitrogens with two attached hydrogens (primary N) is 1. The summed E-state index contributed by atoms with van der Waals surface area (Å²) in [6.07, 6.45) is 3.35. The van der Waals surface area contributed by atoms with Crippen LogP contribution in [0.15, 0.2) is 47.2 Å². The lowest BCUT2D eigenvalue weighted by atomic mass is 9.57. The van der Waals surface area contributed by atoms with Crippen LogP contribution in [-0.4, -0.2) is 82.6 Å². The molecular formula is C33H39N3O7. The topological polar surface area (TPSA) is 165 Å². The zero-order valence-corrected chi connectivity index (χ0v) is 25.1. The van der Waals surface area contributed by atoms with Gasteiger partial charge in [0, 0.05) is 36.8 Å². The molecule has 0 spiro atoms. The van der Waals surface area contributed by atoms with Crippen LogP contribution in [0.4, 0.5) is 5.69 Å². The molecule has 1 saturated carbocycles. The second-order valence-corrected chi connectivity index (χ2v) is 12.3. The number of ketones is 2. The lowest BCUT2D eigenvalue weighted by Crippen LogP contribution is -2.65. The zero-order valence-electron chi connectivity index (χ0n) is 25.1. The van der Waals surface area contributed by atoms with Crippen molar-refractivity contribution in [1.82, 2.24) is 4.90 Å². The lowest BCUT2D eigenvalue weighted by Gasteiger charge is -2.50. The Morgan fingerprint density at radius 2 is 1.72 bits per heavy atom. The molecule has 6 N–H and O–H groups in total. The summed E-state index contributed by atoms with van der Waals surface area (Å²) in [4.78, 5) is 43.0. The number of anilines is 1. The van der Waals surface area contributed by atoms with Gasteiger partial charge in [0.2, 0.25) is 5.78 Å². The third-order valence-corrected chi connectivity index (χ3v) is 9.26. The quantitative estimate of drug-likeness (QED) is 0.305.